The van der Waals surface area contributed by atoms with Crippen LogP contribution in [0.25, 0.3) is 0 Å². The molecule has 2 aromatic rings. The predicted octanol–water partition coefficient (Wildman–Crippen LogP) is 2.13. The molecule has 5 nitrogen and oxygen atoms in total. The summed E-state index contributed by atoms with van der Waals surface area (Å²) in [7, 11) is 0. The first kappa shape index (κ1) is 13.7. The number of amides is 1. The van der Waals surface area contributed by atoms with Crippen molar-refractivity contribution in [2.75, 3.05) is 6.61 Å². The van der Waals surface area contributed by atoms with Crippen LogP contribution in [0.2, 0.25) is 0 Å². The Bertz CT molecular complexity index is 828. The summed E-state index contributed by atoms with van der Waals surface area (Å²) in [6, 6.07) is 12.9. The van der Waals surface area contributed by atoms with Gasteiger partial charge in [0.25, 0.3) is 0 Å². The van der Waals surface area contributed by atoms with Crippen LogP contribution in [-0.2, 0) is 4.74 Å². The van der Waals surface area contributed by atoms with Crippen molar-refractivity contribution in [3.63, 3.8) is 0 Å². The van der Waals surface area contributed by atoms with Crippen molar-refractivity contribution in [3.8, 4) is 17.9 Å². The maximum absolute atomic E-state index is 11.1. The highest BCUT2D eigenvalue weighted by Gasteiger charge is 2.23. The van der Waals surface area contributed by atoms with Crippen LogP contribution < -0.4 is 5.32 Å². The highest BCUT2D eigenvalue weighted by Crippen LogP contribution is 2.18. The number of nitrogens with one attached hydrogen (secondary N) is 1. The van der Waals surface area contributed by atoms with Crippen molar-refractivity contribution in [1.29, 1.82) is 5.26 Å². The lowest BCUT2D eigenvalue weighted by molar-refractivity contribution is 0.177. The Hall–Kier alpha value is -3.31. The fraction of sp³-hybridized carbons (Fsp3) is 0.118. The molecule has 1 saturated heterocycles. The third-order valence-corrected chi connectivity index (χ3v) is 3.19. The van der Waals surface area contributed by atoms with E-state index in [9.17, 15) is 4.79 Å². The number of benzene rings is 1. The number of carbonyl (C=O) groups excluding carboxylic acids is 1. The molecule has 0 aliphatic carbocycles. The molecular weight excluding hydrogens is 278 g/mol. The zero-order valence-corrected chi connectivity index (χ0v) is 11.5. The van der Waals surface area contributed by atoms with Crippen LogP contribution in [0.1, 0.15) is 28.4 Å². The van der Waals surface area contributed by atoms with Crippen molar-refractivity contribution in [3.05, 3.63) is 65.0 Å². The number of rotatable bonds is 1. The Kier molecular flexibility index (Phi) is 3.72. The lowest BCUT2D eigenvalue weighted by Gasteiger charge is -2.07. The van der Waals surface area contributed by atoms with Gasteiger partial charge in [0.05, 0.1) is 6.04 Å². The summed E-state index contributed by atoms with van der Waals surface area (Å²) in [6.07, 6.45) is 1.16. The smallest absolute Gasteiger partial charge is 0.407 e. The first-order valence-electron chi connectivity index (χ1n) is 6.66. The molecule has 0 spiro atoms. The SMILES string of the molecule is N#Cc1cc(C#Cc2cccc([C@@H]3COC(=O)N3)c2)ccn1. The second kappa shape index (κ2) is 5.99. The number of carbonyl (C=O) groups is 1. The highest BCUT2D eigenvalue weighted by molar-refractivity contribution is 5.70. The standard InChI is InChI=1S/C17H11N3O2/c18-10-15-9-13(6-7-19-15)5-4-12-2-1-3-14(8-12)16-11-22-17(21)20-16/h1-3,6-9,16H,11H2,(H,20,21)/t16-/m0/s1. The lowest BCUT2D eigenvalue weighted by Crippen LogP contribution is -2.18. The van der Waals surface area contributed by atoms with Crippen LogP contribution in [0.5, 0.6) is 0 Å². The summed E-state index contributed by atoms with van der Waals surface area (Å²) in [5.41, 5.74) is 2.85. The van der Waals surface area contributed by atoms with Gasteiger partial charge in [-0.1, -0.05) is 24.0 Å². The van der Waals surface area contributed by atoms with Gasteiger partial charge in [0.1, 0.15) is 18.4 Å². The van der Waals surface area contributed by atoms with E-state index in [-0.39, 0.29) is 6.04 Å². The van der Waals surface area contributed by atoms with Crippen molar-refractivity contribution >= 4 is 6.09 Å². The van der Waals surface area contributed by atoms with E-state index in [1.54, 1.807) is 18.3 Å². The van der Waals surface area contributed by atoms with Gasteiger partial charge in [0, 0.05) is 17.3 Å². The molecule has 22 heavy (non-hydrogen) atoms. The van der Waals surface area contributed by atoms with Gasteiger partial charge in [-0.2, -0.15) is 5.26 Å². The number of ether oxygens (including phenoxy) is 1. The van der Waals surface area contributed by atoms with Gasteiger partial charge in [-0.25, -0.2) is 9.78 Å². The highest BCUT2D eigenvalue weighted by atomic mass is 16.6. The molecular formula is C17H11N3O2. The van der Waals surface area contributed by atoms with Crippen molar-refractivity contribution in [1.82, 2.24) is 10.3 Å². The minimum atomic E-state index is -0.401. The Labute approximate surface area is 127 Å². The summed E-state index contributed by atoms with van der Waals surface area (Å²) in [5.74, 6) is 6.05. The molecule has 0 radical (unpaired) electrons. The van der Waals surface area contributed by atoms with Crippen molar-refractivity contribution in [2.24, 2.45) is 0 Å². The molecule has 1 aromatic carbocycles. The Balaban J connectivity index is 1.83. The van der Waals surface area contributed by atoms with E-state index in [4.69, 9.17) is 10.00 Å². The van der Waals surface area contributed by atoms with E-state index in [1.165, 1.54) is 0 Å². The number of pyridine rings is 1. The molecule has 106 valence electrons. The molecule has 1 fully saturated rings. The molecule has 1 N–H and O–H groups in total. The number of hydrogen-bond donors (Lipinski definition) is 1. The molecule has 0 bridgehead atoms. The molecule has 1 amide bonds. The van der Waals surface area contributed by atoms with E-state index in [2.05, 4.69) is 22.1 Å². The molecule has 1 aliphatic heterocycles. The first-order valence-corrected chi connectivity index (χ1v) is 6.66. The Morgan fingerprint density at radius 2 is 2.05 bits per heavy atom. The maximum atomic E-state index is 11.1. The number of cyclic esters (lactones) is 1. The number of hydrogen-bond acceptors (Lipinski definition) is 4. The lowest BCUT2D eigenvalue weighted by atomic mass is 10.0. The third kappa shape index (κ3) is 3.05. The summed E-state index contributed by atoms with van der Waals surface area (Å²) in [4.78, 5) is 15.0. The van der Waals surface area contributed by atoms with Crippen LogP contribution >= 0.6 is 0 Å². The van der Waals surface area contributed by atoms with Gasteiger partial charge in [-0.3, -0.25) is 0 Å². The topological polar surface area (TPSA) is 75.0 Å². The number of nitriles is 1. The second-order valence-corrected chi connectivity index (χ2v) is 4.71. The van der Waals surface area contributed by atoms with Gasteiger partial charge < -0.3 is 10.1 Å². The minimum absolute atomic E-state index is 0.139. The van der Waals surface area contributed by atoms with Gasteiger partial charge in [0.2, 0.25) is 0 Å². The fourth-order valence-electron chi connectivity index (χ4n) is 2.11. The van der Waals surface area contributed by atoms with Crippen LogP contribution in [0.3, 0.4) is 0 Å². The molecule has 1 aliphatic rings. The summed E-state index contributed by atoms with van der Waals surface area (Å²) in [6.45, 7) is 0.325. The van der Waals surface area contributed by atoms with Crippen LogP contribution in [0.15, 0.2) is 42.6 Å². The molecule has 1 aromatic heterocycles. The Morgan fingerprint density at radius 1 is 1.23 bits per heavy atom. The fourth-order valence-corrected chi connectivity index (χ4v) is 2.11. The van der Waals surface area contributed by atoms with Crippen molar-refractivity contribution in [2.45, 2.75) is 6.04 Å². The monoisotopic (exact) mass is 289 g/mol. The minimum Gasteiger partial charge on any atom is -0.447 e. The predicted molar refractivity (Wildman–Crippen MR) is 78.6 cm³/mol. The normalized spacial score (nSPS) is 16.0. The number of nitrogens with zero attached hydrogens (tertiary/aromatic N) is 2. The first-order chi connectivity index (χ1) is 10.7. The maximum Gasteiger partial charge on any atom is 0.407 e. The number of alkyl carbamates (subject to hydrolysis) is 1. The molecule has 3 rings (SSSR count). The van der Waals surface area contributed by atoms with Crippen LogP contribution in [0.4, 0.5) is 4.79 Å². The summed E-state index contributed by atoms with van der Waals surface area (Å²) < 4.78 is 4.89. The molecule has 1 atom stereocenters. The van der Waals surface area contributed by atoms with Crippen LogP contribution in [0, 0.1) is 23.2 Å². The van der Waals surface area contributed by atoms with E-state index in [0.717, 1.165) is 16.7 Å². The zero-order valence-electron chi connectivity index (χ0n) is 11.5. The van der Waals surface area contributed by atoms with Gasteiger partial charge in [-0.15, -0.1) is 0 Å². The zero-order chi connectivity index (χ0) is 15.4. The van der Waals surface area contributed by atoms with E-state index in [1.807, 2.05) is 30.3 Å². The van der Waals surface area contributed by atoms with Gasteiger partial charge >= 0.3 is 6.09 Å². The molecule has 0 unspecified atom stereocenters. The second-order valence-electron chi connectivity index (χ2n) is 4.71. The molecule has 0 saturated carbocycles. The third-order valence-electron chi connectivity index (χ3n) is 3.19. The molecule has 5 heteroatoms. The molecule has 2 heterocycles. The quantitative estimate of drug-likeness (QED) is 0.816. The number of aromatic nitrogens is 1. The average molecular weight is 289 g/mol. The summed E-state index contributed by atoms with van der Waals surface area (Å²) in [5, 5.41) is 11.6. The van der Waals surface area contributed by atoms with E-state index < -0.39 is 6.09 Å². The van der Waals surface area contributed by atoms with Crippen LogP contribution in [-0.4, -0.2) is 17.7 Å². The average Bonchev–Trinajstić information content (AvgIpc) is 3.00. The summed E-state index contributed by atoms with van der Waals surface area (Å²) >= 11 is 0. The van der Waals surface area contributed by atoms with Crippen molar-refractivity contribution < 1.29 is 9.53 Å². The van der Waals surface area contributed by atoms with E-state index in [0.29, 0.717) is 12.3 Å². The van der Waals surface area contributed by atoms with Gasteiger partial charge in [-0.05, 0) is 29.8 Å². The Morgan fingerprint density at radius 3 is 2.77 bits per heavy atom. The van der Waals surface area contributed by atoms with Gasteiger partial charge in [0.15, 0.2) is 0 Å². The largest absolute Gasteiger partial charge is 0.447 e. The van der Waals surface area contributed by atoms with E-state index >= 15 is 0 Å².